The van der Waals surface area contributed by atoms with Gasteiger partial charge in [-0.25, -0.2) is 4.98 Å². The van der Waals surface area contributed by atoms with Gasteiger partial charge < -0.3 is 25.6 Å². The standard InChI is InChI=1S/C27H22N8O3/c36-15-22(16-6-2-1-3-7-16)32-23-20(26-33-24(35-38-26)21-8-4-5-11-28-21)14-30-27(34-23)31-18-9-10-19-17(12-18)13-29-25(19)37/h1-12,14,22,36H,13,15H2,(H,29,37)(H2,30,31,32,34)/t22-/m1/s1. The molecule has 5 aromatic rings. The van der Waals surface area contributed by atoms with Crippen LogP contribution in [0.2, 0.25) is 0 Å². The van der Waals surface area contributed by atoms with Gasteiger partial charge in [0.05, 0.1) is 12.6 Å². The molecule has 2 aromatic carbocycles. The number of anilines is 3. The lowest BCUT2D eigenvalue weighted by molar-refractivity contribution is 0.0965. The summed E-state index contributed by atoms with van der Waals surface area (Å²) in [6, 6.07) is 20.0. The van der Waals surface area contributed by atoms with Gasteiger partial charge in [-0.1, -0.05) is 41.6 Å². The van der Waals surface area contributed by atoms with Gasteiger partial charge >= 0.3 is 0 Å². The molecule has 0 saturated carbocycles. The topological polar surface area (TPSA) is 151 Å². The molecule has 6 rings (SSSR count). The number of hydrogen-bond donors (Lipinski definition) is 4. The van der Waals surface area contributed by atoms with Crippen molar-refractivity contribution in [1.29, 1.82) is 0 Å². The van der Waals surface area contributed by atoms with Crippen LogP contribution in [0.1, 0.15) is 27.5 Å². The Labute approximate surface area is 217 Å². The SMILES string of the molecule is O=C1NCc2cc(Nc3ncc(-c4nc(-c5ccccn5)no4)c(N[C@H](CO)c4ccccc4)n3)ccc21. The Morgan fingerprint density at radius 2 is 1.87 bits per heavy atom. The number of amides is 1. The van der Waals surface area contributed by atoms with E-state index in [2.05, 4.69) is 41.0 Å². The number of fused-ring (bicyclic) bond motifs is 1. The van der Waals surface area contributed by atoms with Crippen LogP contribution in [-0.2, 0) is 6.54 Å². The lowest BCUT2D eigenvalue weighted by atomic mass is 10.1. The van der Waals surface area contributed by atoms with Gasteiger partial charge in [-0.3, -0.25) is 9.78 Å². The van der Waals surface area contributed by atoms with E-state index in [1.807, 2.05) is 42.5 Å². The molecule has 1 amide bonds. The van der Waals surface area contributed by atoms with Crippen LogP contribution in [0.3, 0.4) is 0 Å². The molecule has 1 aliphatic rings. The number of nitrogens with zero attached hydrogens (tertiary/aromatic N) is 5. The molecule has 188 valence electrons. The van der Waals surface area contributed by atoms with Gasteiger partial charge in [0.15, 0.2) is 0 Å². The first-order valence-electron chi connectivity index (χ1n) is 11.9. The molecule has 1 aliphatic heterocycles. The molecule has 0 aliphatic carbocycles. The van der Waals surface area contributed by atoms with E-state index in [4.69, 9.17) is 4.52 Å². The number of aromatic nitrogens is 5. The highest BCUT2D eigenvalue weighted by atomic mass is 16.5. The zero-order valence-corrected chi connectivity index (χ0v) is 20.0. The number of aliphatic hydroxyl groups excluding tert-OH is 1. The first kappa shape index (κ1) is 23.3. The summed E-state index contributed by atoms with van der Waals surface area (Å²) in [5.41, 5.74) is 4.19. The Hall–Kier alpha value is -5.16. The number of benzene rings is 2. The minimum absolute atomic E-state index is 0.0841. The molecule has 0 unspecified atom stereocenters. The maximum atomic E-state index is 11.9. The third kappa shape index (κ3) is 4.65. The van der Waals surface area contributed by atoms with E-state index >= 15 is 0 Å². The van der Waals surface area contributed by atoms with Gasteiger partial charge in [0.1, 0.15) is 17.1 Å². The number of rotatable bonds is 8. The van der Waals surface area contributed by atoms with Gasteiger partial charge in [0.25, 0.3) is 11.8 Å². The summed E-state index contributed by atoms with van der Waals surface area (Å²) < 4.78 is 5.54. The summed E-state index contributed by atoms with van der Waals surface area (Å²) in [6.45, 7) is 0.298. The minimum atomic E-state index is -0.451. The van der Waals surface area contributed by atoms with Crippen molar-refractivity contribution >= 4 is 23.4 Å². The van der Waals surface area contributed by atoms with Gasteiger partial charge in [0.2, 0.25) is 11.8 Å². The van der Waals surface area contributed by atoms with Crippen molar-refractivity contribution in [3.8, 4) is 23.0 Å². The number of aliphatic hydroxyl groups is 1. The largest absolute Gasteiger partial charge is 0.394 e. The molecular formula is C27H22N8O3. The summed E-state index contributed by atoms with van der Waals surface area (Å²) in [5.74, 6) is 1.14. The third-order valence-corrected chi connectivity index (χ3v) is 6.08. The zero-order chi connectivity index (χ0) is 25.9. The molecule has 0 fully saturated rings. The van der Waals surface area contributed by atoms with Crippen LogP contribution in [0.4, 0.5) is 17.5 Å². The number of carbonyl (C=O) groups is 1. The summed E-state index contributed by atoms with van der Waals surface area (Å²) >= 11 is 0. The van der Waals surface area contributed by atoms with Crippen LogP contribution in [-0.4, -0.2) is 42.7 Å². The van der Waals surface area contributed by atoms with Gasteiger partial charge in [0, 0.05) is 30.2 Å². The maximum absolute atomic E-state index is 11.9. The molecule has 1 atom stereocenters. The van der Waals surface area contributed by atoms with Crippen LogP contribution in [0.25, 0.3) is 23.0 Å². The molecule has 4 heterocycles. The fourth-order valence-electron chi connectivity index (χ4n) is 4.16. The predicted molar refractivity (Wildman–Crippen MR) is 139 cm³/mol. The molecule has 11 heteroatoms. The summed E-state index contributed by atoms with van der Waals surface area (Å²) in [5, 5.41) is 23.5. The summed E-state index contributed by atoms with van der Waals surface area (Å²) in [4.78, 5) is 29.8. The van der Waals surface area contributed by atoms with Crippen molar-refractivity contribution < 1.29 is 14.4 Å². The van der Waals surface area contributed by atoms with Crippen LogP contribution >= 0.6 is 0 Å². The van der Waals surface area contributed by atoms with Crippen molar-refractivity contribution in [2.75, 3.05) is 17.2 Å². The van der Waals surface area contributed by atoms with Crippen LogP contribution < -0.4 is 16.0 Å². The third-order valence-electron chi connectivity index (χ3n) is 6.08. The smallest absolute Gasteiger partial charge is 0.263 e. The highest BCUT2D eigenvalue weighted by Gasteiger charge is 2.22. The van der Waals surface area contributed by atoms with E-state index in [0.717, 1.165) is 16.8 Å². The molecule has 0 bridgehead atoms. The number of hydrogen-bond acceptors (Lipinski definition) is 10. The van der Waals surface area contributed by atoms with Crippen molar-refractivity contribution in [3.05, 3.63) is 95.8 Å². The normalized spacial score (nSPS) is 13.0. The first-order chi connectivity index (χ1) is 18.7. The Morgan fingerprint density at radius 1 is 1.00 bits per heavy atom. The molecule has 0 spiro atoms. The van der Waals surface area contributed by atoms with Crippen molar-refractivity contribution in [2.24, 2.45) is 0 Å². The van der Waals surface area contributed by atoms with Crippen molar-refractivity contribution in [2.45, 2.75) is 12.6 Å². The summed E-state index contributed by atoms with van der Waals surface area (Å²) in [7, 11) is 0. The van der Waals surface area contributed by atoms with E-state index < -0.39 is 6.04 Å². The molecule has 4 N–H and O–H groups in total. The monoisotopic (exact) mass is 506 g/mol. The van der Waals surface area contributed by atoms with E-state index in [1.165, 1.54) is 0 Å². The van der Waals surface area contributed by atoms with Gasteiger partial charge in [-0.05, 0) is 41.5 Å². The van der Waals surface area contributed by atoms with Crippen LogP contribution in [0.5, 0.6) is 0 Å². The fourth-order valence-corrected chi connectivity index (χ4v) is 4.16. The van der Waals surface area contributed by atoms with E-state index in [9.17, 15) is 9.90 Å². The number of carbonyl (C=O) groups excluding carboxylic acids is 1. The molecule has 38 heavy (non-hydrogen) atoms. The lowest BCUT2D eigenvalue weighted by Crippen LogP contribution is -2.17. The Balaban J connectivity index is 1.35. The Kier molecular flexibility index (Phi) is 6.16. The molecular weight excluding hydrogens is 484 g/mol. The quantitative estimate of drug-likeness (QED) is 0.245. The Morgan fingerprint density at radius 3 is 2.68 bits per heavy atom. The second-order valence-corrected chi connectivity index (χ2v) is 8.56. The maximum Gasteiger partial charge on any atom is 0.263 e. The number of nitrogens with one attached hydrogen (secondary N) is 3. The number of pyridine rings is 1. The minimum Gasteiger partial charge on any atom is -0.394 e. The molecule has 3 aromatic heterocycles. The second-order valence-electron chi connectivity index (χ2n) is 8.56. The molecule has 0 radical (unpaired) electrons. The van der Waals surface area contributed by atoms with E-state index in [1.54, 1.807) is 36.7 Å². The molecule has 0 saturated heterocycles. The van der Waals surface area contributed by atoms with E-state index in [0.29, 0.717) is 41.0 Å². The average Bonchev–Trinajstić information content (AvgIpc) is 3.60. The highest BCUT2D eigenvalue weighted by molar-refractivity contribution is 5.98. The van der Waals surface area contributed by atoms with Crippen LogP contribution in [0.15, 0.2) is 83.6 Å². The first-order valence-corrected chi connectivity index (χ1v) is 11.9. The zero-order valence-electron chi connectivity index (χ0n) is 20.0. The van der Waals surface area contributed by atoms with Crippen LogP contribution in [0, 0.1) is 0 Å². The summed E-state index contributed by atoms with van der Waals surface area (Å²) in [6.07, 6.45) is 3.23. The Bertz CT molecular complexity index is 1590. The fraction of sp³-hybridized carbons (Fsp3) is 0.111. The van der Waals surface area contributed by atoms with E-state index in [-0.39, 0.29) is 18.4 Å². The average molecular weight is 507 g/mol. The van der Waals surface area contributed by atoms with Crippen molar-refractivity contribution in [3.63, 3.8) is 0 Å². The molecule has 11 nitrogen and oxygen atoms in total. The van der Waals surface area contributed by atoms with Crippen molar-refractivity contribution in [1.82, 2.24) is 30.4 Å². The lowest BCUT2D eigenvalue weighted by Gasteiger charge is -2.19. The van der Waals surface area contributed by atoms with Gasteiger partial charge in [-0.2, -0.15) is 9.97 Å². The highest BCUT2D eigenvalue weighted by Crippen LogP contribution is 2.31. The van der Waals surface area contributed by atoms with Gasteiger partial charge in [-0.15, -0.1) is 0 Å². The second kappa shape index (κ2) is 10.1. The predicted octanol–water partition coefficient (Wildman–Crippen LogP) is 3.72.